The zero-order chi connectivity index (χ0) is 8.43. The number of nitrogens with two attached hydrogens (primary N) is 1. The molecule has 58 valence electrons. The van der Waals surface area contributed by atoms with Gasteiger partial charge in [-0.15, -0.1) is 0 Å². The molecule has 0 aliphatic carbocycles. The smallest absolute Gasteiger partial charge is 0.248 e. The molecule has 0 aliphatic heterocycles. The van der Waals surface area contributed by atoms with Crippen LogP contribution in [-0.4, -0.2) is 5.91 Å². The zero-order valence-electron chi connectivity index (χ0n) is 6.10. The van der Waals surface area contributed by atoms with Gasteiger partial charge in [-0.2, -0.15) is 0 Å². The van der Waals surface area contributed by atoms with Crippen molar-refractivity contribution in [2.24, 2.45) is 5.73 Å². The molecular formula is C8H8ClNO. The Kier molecular flexibility index (Phi) is 2.15. The summed E-state index contributed by atoms with van der Waals surface area (Å²) in [6, 6.07) is 4.98. The Hall–Kier alpha value is -1.02. The highest BCUT2D eigenvalue weighted by molar-refractivity contribution is 6.30. The molecule has 0 saturated heterocycles. The van der Waals surface area contributed by atoms with Crippen molar-refractivity contribution in [1.82, 2.24) is 0 Å². The van der Waals surface area contributed by atoms with Crippen molar-refractivity contribution >= 4 is 17.5 Å². The number of hydrogen-bond acceptors (Lipinski definition) is 1. The van der Waals surface area contributed by atoms with E-state index in [1.165, 1.54) is 0 Å². The maximum atomic E-state index is 10.7. The topological polar surface area (TPSA) is 43.1 Å². The van der Waals surface area contributed by atoms with E-state index in [0.717, 1.165) is 5.56 Å². The predicted octanol–water partition coefficient (Wildman–Crippen LogP) is 1.75. The summed E-state index contributed by atoms with van der Waals surface area (Å²) in [5.74, 6) is -0.417. The van der Waals surface area contributed by atoms with Crippen LogP contribution < -0.4 is 5.73 Å². The number of benzene rings is 1. The third-order valence-corrected chi connectivity index (χ3v) is 1.69. The minimum Gasteiger partial charge on any atom is -0.366 e. The summed E-state index contributed by atoms with van der Waals surface area (Å²) in [5.41, 5.74) is 6.42. The Morgan fingerprint density at radius 1 is 1.55 bits per heavy atom. The van der Waals surface area contributed by atoms with Gasteiger partial charge in [-0.05, 0) is 30.7 Å². The largest absolute Gasteiger partial charge is 0.366 e. The first kappa shape index (κ1) is 8.08. The van der Waals surface area contributed by atoms with Crippen molar-refractivity contribution in [2.75, 3.05) is 0 Å². The first-order valence-corrected chi connectivity index (χ1v) is 3.55. The molecule has 0 spiro atoms. The van der Waals surface area contributed by atoms with Gasteiger partial charge < -0.3 is 5.73 Å². The van der Waals surface area contributed by atoms with Gasteiger partial charge in [-0.25, -0.2) is 0 Å². The van der Waals surface area contributed by atoms with Crippen LogP contribution in [0, 0.1) is 6.92 Å². The molecule has 11 heavy (non-hydrogen) atoms. The van der Waals surface area contributed by atoms with Crippen molar-refractivity contribution in [1.29, 1.82) is 0 Å². The van der Waals surface area contributed by atoms with Crippen LogP contribution in [-0.2, 0) is 0 Å². The number of aryl methyl sites for hydroxylation is 1. The second-order valence-corrected chi connectivity index (χ2v) is 2.76. The van der Waals surface area contributed by atoms with Crippen LogP contribution in [0.3, 0.4) is 0 Å². The molecule has 0 bridgehead atoms. The van der Waals surface area contributed by atoms with E-state index in [-0.39, 0.29) is 0 Å². The number of hydrogen-bond donors (Lipinski definition) is 1. The molecule has 0 radical (unpaired) electrons. The standard InChI is InChI=1S/C8H8ClNO/c1-5-4-6(9)2-3-7(5)8(10)11/h2-4H,1H3,(H2,10,11). The molecule has 0 aliphatic rings. The van der Waals surface area contributed by atoms with E-state index in [0.29, 0.717) is 10.6 Å². The molecule has 1 aromatic carbocycles. The number of amides is 1. The van der Waals surface area contributed by atoms with Gasteiger partial charge in [0.1, 0.15) is 0 Å². The summed E-state index contributed by atoms with van der Waals surface area (Å²) in [6.07, 6.45) is 0. The molecule has 0 atom stereocenters. The van der Waals surface area contributed by atoms with Gasteiger partial charge in [0.25, 0.3) is 0 Å². The van der Waals surface area contributed by atoms with Crippen LogP contribution in [0.1, 0.15) is 15.9 Å². The minimum atomic E-state index is -0.417. The molecule has 1 aromatic rings. The maximum Gasteiger partial charge on any atom is 0.248 e. The second kappa shape index (κ2) is 2.93. The Morgan fingerprint density at radius 2 is 2.18 bits per heavy atom. The summed E-state index contributed by atoms with van der Waals surface area (Å²) in [4.78, 5) is 10.7. The van der Waals surface area contributed by atoms with Crippen LogP contribution in [0.5, 0.6) is 0 Å². The molecule has 1 amide bonds. The summed E-state index contributed by atoms with van der Waals surface area (Å²) >= 11 is 5.67. The highest BCUT2D eigenvalue weighted by atomic mass is 35.5. The fourth-order valence-electron chi connectivity index (χ4n) is 0.904. The SMILES string of the molecule is Cc1cc(Cl)ccc1C(N)=O. The summed E-state index contributed by atoms with van der Waals surface area (Å²) in [7, 11) is 0. The van der Waals surface area contributed by atoms with Crippen LogP contribution in [0.25, 0.3) is 0 Å². The number of rotatable bonds is 1. The maximum absolute atomic E-state index is 10.7. The van der Waals surface area contributed by atoms with E-state index in [1.54, 1.807) is 25.1 Å². The summed E-state index contributed by atoms with van der Waals surface area (Å²) in [5, 5.41) is 0.618. The van der Waals surface area contributed by atoms with Crippen molar-refractivity contribution in [3.8, 4) is 0 Å². The Labute approximate surface area is 70.0 Å². The lowest BCUT2D eigenvalue weighted by Crippen LogP contribution is -2.12. The lowest BCUT2D eigenvalue weighted by atomic mass is 10.1. The molecular weight excluding hydrogens is 162 g/mol. The fraction of sp³-hybridized carbons (Fsp3) is 0.125. The van der Waals surface area contributed by atoms with Crippen LogP contribution >= 0.6 is 11.6 Å². The average molecular weight is 170 g/mol. The monoisotopic (exact) mass is 169 g/mol. The van der Waals surface area contributed by atoms with Gasteiger partial charge in [-0.1, -0.05) is 11.6 Å². The number of primary amides is 1. The van der Waals surface area contributed by atoms with E-state index in [4.69, 9.17) is 17.3 Å². The molecule has 0 heterocycles. The molecule has 0 aromatic heterocycles. The van der Waals surface area contributed by atoms with E-state index in [1.807, 2.05) is 0 Å². The number of carbonyl (C=O) groups is 1. The highest BCUT2D eigenvalue weighted by Crippen LogP contribution is 2.14. The van der Waals surface area contributed by atoms with Gasteiger partial charge in [0.15, 0.2) is 0 Å². The van der Waals surface area contributed by atoms with Crippen molar-refractivity contribution < 1.29 is 4.79 Å². The van der Waals surface area contributed by atoms with E-state index >= 15 is 0 Å². The van der Waals surface area contributed by atoms with Crippen molar-refractivity contribution in [3.63, 3.8) is 0 Å². The fourth-order valence-corrected chi connectivity index (χ4v) is 1.13. The average Bonchev–Trinajstić information content (AvgIpc) is 1.85. The second-order valence-electron chi connectivity index (χ2n) is 2.32. The lowest BCUT2D eigenvalue weighted by Gasteiger charge is -1.99. The Morgan fingerprint density at radius 3 is 2.64 bits per heavy atom. The van der Waals surface area contributed by atoms with Crippen molar-refractivity contribution in [3.05, 3.63) is 34.3 Å². The number of halogens is 1. The van der Waals surface area contributed by atoms with E-state index in [9.17, 15) is 4.79 Å². The molecule has 3 heteroatoms. The molecule has 2 nitrogen and oxygen atoms in total. The van der Waals surface area contributed by atoms with Crippen LogP contribution in [0.15, 0.2) is 18.2 Å². The zero-order valence-corrected chi connectivity index (χ0v) is 6.85. The van der Waals surface area contributed by atoms with Crippen LogP contribution in [0.4, 0.5) is 0 Å². The minimum absolute atomic E-state index is 0.417. The van der Waals surface area contributed by atoms with Gasteiger partial charge in [0.05, 0.1) is 0 Å². The van der Waals surface area contributed by atoms with Gasteiger partial charge in [0, 0.05) is 10.6 Å². The Bertz CT molecular complexity index is 296. The Balaban J connectivity index is 3.20. The van der Waals surface area contributed by atoms with Gasteiger partial charge >= 0.3 is 0 Å². The normalized spacial score (nSPS) is 9.64. The third-order valence-electron chi connectivity index (χ3n) is 1.45. The summed E-state index contributed by atoms with van der Waals surface area (Å²) in [6.45, 7) is 1.80. The van der Waals surface area contributed by atoms with Crippen molar-refractivity contribution in [2.45, 2.75) is 6.92 Å². The molecule has 1 rings (SSSR count). The van der Waals surface area contributed by atoms with E-state index < -0.39 is 5.91 Å². The first-order valence-electron chi connectivity index (χ1n) is 3.17. The van der Waals surface area contributed by atoms with E-state index in [2.05, 4.69) is 0 Å². The number of carbonyl (C=O) groups excluding carboxylic acids is 1. The molecule has 0 unspecified atom stereocenters. The molecule has 2 N–H and O–H groups in total. The quantitative estimate of drug-likeness (QED) is 0.684. The van der Waals surface area contributed by atoms with Gasteiger partial charge in [-0.3, -0.25) is 4.79 Å². The molecule has 0 fully saturated rings. The first-order chi connectivity index (χ1) is 5.11. The van der Waals surface area contributed by atoms with Gasteiger partial charge in [0.2, 0.25) is 5.91 Å². The highest BCUT2D eigenvalue weighted by Gasteiger charge is 2.03. The predicted molar refractivity (Wildman–Crippen MR) is 44.7 cm³/mol. The third kappa shape index (κ3) is 1.71. The lowest BCUT2D eigenvalue weighted by molar-refractivity contribution is 0.1000. The molecule has 0 saturated carbocycles. The summed E-state index contributed by atoms with van der Waals surface area (Å²) < 4.78 is 0. The van der Waals surface area contributed by atoms with Crippen LogP contribution in [0.2, 0.25) is 5.02 Å².